The average molecular weight is 340 g/mol. The zero-order chi connectivity index (χ0) is 14.7. The molecule has 2 atom stereocenters. The molecule has 0 aliphatic rings. The molecule has 0 aliphatic carbocycles. The molecule has 0 heterocycles. The van der Waals surface area contributed by atoms with Gasteiger partial charge in [-0.25, -0.2) is 8.78 Å². The zero-order valence-corrected chi connectivity index (χ0v) is 12.9. The van der Waals surface area contributed by atoms with Crippen LogP contribution in [-0.2, 0) is 0 Å². The third kappa shape index (κ3) is 3.44. The predicted octanol–water partition coefficient (Wildman–Crippen LogP) is 5.14. The summed E-state index contributed by atoms with van der Waals surface area (Å²) >= 11 is 3.35. The molecular weight excluding hydrogens is 324 g/mol. The second-order valence-electron chi connectivity index (χ2n) is 4.80. The lowest BCUT2D eigenvalue weighted by Gasteiger charge is -2.22. The SMILES string of the molecule is CC(NC(C)c1ccc(F)cc1Br)c1ccccc1F. The van der Waals surface area contributed by atoms with E-state index in [9.17, 15) is 8.78 Å². The molecule has 4 heteroatoms. The Morgan fingerprint density at radius 2 is 1.60 bits per heavy atom. The standard InChI is InChI=1S/C16H16BrF2N/c1-10(13-8-7-12(18)9-15(13)17)20-11(2)14-5-3-4-6-16(14)19/h3-11,20H,1-2H3. The molecule has 0 saturated carbocycles. The first-order chi connectivity index (χ1) is 9.49. The summed E-state index contributed by atoms with van der Waals surface area (Å²) in [4.78, 5) is 0. The van der Waals surface area contributed by atoms with Crippen molar-refractivity contribution in [3.05, 3.63) is 69.7 Å². The van der Waals surface area contributed by atoms with Gasteiger partial charge in [-0.3, -0.25) is 0 Å². The molecule has 2 aromatic rings. The highest BCUT2D eigenvalue weighted by Gasteiger charge is 2.16. The lowest BCUT2D eigenvalue weighted by molar-refractivity contribution is 0.472. The van der Waals surface area contributed by atoms with E-state index in [0.29, 0.717) is 10.0 Å². The van der Waals surface area contributed by atoms with Crippen LogP contribution < -0.4 is 5.32 Å². The lowest BCUT2D eigenvalue weighted by Crippen LogP contribution is -2.23. The largest absolute Gasteiger partial charge is 0.304 e. The fourth-order valence-electron chi connectivity index (χ4n) is 2.23. The average Bonchev–Trinajstić information content (AvgIpc) is 2.38. The van der Waals surface area contributed by atoms with Crippen LogP contribution in [0.1, 0.15) is 37.1 Å². The Morgan fingerprint density at radius 3 is 2.25 bits per heavy atom. The van der Waals surface area contributed by atoms with Gasteiger partial charge in [0.05, 0.1) is 0 Å². The van der Waals surface area contributed by atoms with Crippen molar-refractivity contribution in [1.82, 2.24) is 5.32 Å². The van der Waals surface area contributed by atoms with Crippen LogP contribution in [-0.4, -0.2) is 0 Å². The topological polar surface area (TPSA) is 12.0 Å². The third-order valence-electron chi connectivity index (χ3n) is 3.30. The van der Waals surface area contributed by atoms with Crippen LogP contribution >= 0.6 is 15.9 Å². The molecule has 2 unspecified atom stereocenters. The molecule has 0 amide bonds. The summed E-state index contributed by atoms with van der Waals surface area (Å²) in [5.74, 6) is -0.507. The molecule has 0 aromatic heterocycles. The summed E-state index contributed by atoms with van der Waals surface area (Å²) in [6.07, 6.45) is 0. The number of benzene rings is 2. The number of rotatable bonds is 4. The highest BCUT2D eigenvalue weighted by Crippen LogP contribution is 2.27. The Bertz CT molecular complexity index is 601. The van der Waals surface area contributed by atoms with E-state index >= 15 is 0 Å². The normalized spacial score (nSPS) is 14.1. The molecule has 20 heavy (non-hydrogen) atoms. The third-order valence-corrected chi connectivity index (χ3v) is 3.99. The minimum atomic E-state index is -0.282. The van der Waals surface area contributed by atoms with Gasteiger partial charge in [0.2, 0.25) is 0 Å². The summed E-state index contributed by atoms with van der Waals surface area (Å²) in [6.45, 7) is 3.88. The second kappa shape index (κ2) is 6.46. The van der Waals surface area contributed by atoms with Gasteiger partial charge < -0.3 is 5.32 Å². The van der Waals surface area contributed by atoms with E-state index in [1.54, 1.807) is 18.2 Å². The zero-order valence-electron chi connectivity index (χ0n) is 11.3. The van der Waals surface area contributed by atoms with E-state index in [2.05, 4.69) is 21.2 Å². The second-order valence-corrected chi connectivity index (χ2v) is 5.65. The summed E-state index contributed by atoms with van der Waals surface area (Å²) in [7, 11) is 0. The van der Waals surface area contributed by atoms with Crippen LogP contribution in [0.2, 0.25) is 0 Å². The van der Waals surface area contributed by atoms with Crippen LogP contribution in [0.3, 0.4) is 0 Å². The molecule has 0 spiro atoms. The minimum absolute atomic E-state index is 0.0282. The highest BCUT2D eigenvalue weighted by atomic mass is 79.9. The lowest BCUT2D eigenvalue weighted by atomic mass is 10.0. The van der Waals surface area contributed by atoms with Crippen molar-refractivity contribution in [2.24, 2.45) is 0 Å². The van der Waals surface area contributed by atoms with Crippen molar-refractivity contribution in [2.75, 3.05) is 0 Å². The fourth-order valence-corrected chi connectivity index (χ4v) is 2.93. The molecule has 0 aliphatic heterocycles. The van der Waals surface area contributed by atoms with Crippen LogP contribution in [0.25, 0.3) is 0 Å². The van der Waals surface area contributed by atoms with Crippen LogP contribution in [0.5, 0.6) is 0 Å². The molecule has 106 valence electrons. The van der Waals surface area contributed by atoms with Crippen molar-refractivity contribution < 1.29 is 8.78 Å². The number of hydrogen-bond donors (Lipinski definition) is 1. The maximum absolute atomic E-state index is 13.7. The maximum atomic E-state index is 13.7. The van der Waals surface area contributed by atoms with Crippen LogP contribution in [0.4, 0.5) is 8.78 Å². The molecule has 0 radical (unpaired) electrons. The van der Waals surface area contributed by atoms with Gasteiger partial charge in [0.1, 0.15) is 11.6 Å². The fraction of sp³-hybridized carbons (Fsp3) is 0.250. The molecule has 0 saturated heterocycles. The Kier molecular flexibility index (Phi) is 4.89. The van der Waals surface area contributed by atoms with Crippen molar-refractivity contribution in [3.63, 3.8) is 0 Å². The van der Waals surface area contributed by atoms with Crippen molar-refractivity contribution in [1.29, 1.82) is 0 Å². The van der Waals surface area contributed by atoms with Crippen molar-refractivity contribution in [3.8, 4) is 0 Å². The van der Waals surface area contributed by atoms with Gasteiger partial charge >= 0.3 is 0 Å². The minimum Gasteiger partial charge on any atom is -0.304 e. The van der Waals surface area contributed by atoms with E-state index in [0.717, 1.165) is 5.56 Å². The highest BCUT2D eigenvalue weighted by molar-refractivity contribution is 9.10. The van der Waals surface area contributed by atoms with E-state index in [4.69, 9.17) is 0 Å². The monoisotopic (exact) mass is 339 g/mol. The van der Waals surface area contributed by atoms with Crippen molar-refractivity contribution in [2.45, 2.75) is 25.9 Å². The number of nitrogens with one attached hydrogen (secondary N) is 1. The molecular formula is C16H16BrF2N. The molecule has 0 fully saturated rings. The van der Waals surface area contributed by atoms with E-state index in [1.807, 2.05) is 19.9 Å². The summed E-state index contributed by atoms with van der Waals surface area (Å²) in [5.41, 5.74) is 1.56. The Morgan fingerprint density at radius 1 is 0.950 bits per heavy atom. The first-order valence-electron chi connectivity index (χ1n) is 6.44. The van der Waals surface area contributed by atoms with Crippen molar-refractivity contribution >= 4 is 15.9 Å². The molecule has 2 rings (SSSR count). The van der Waals surface area contributed by atoms with Gasteiger partial charge in [0, 0.05) is 22.1 Å². The molecule has 2 aromatic carbocycles. The van der Waals surface area contributed by atoms with E-state index in [-0.39, 0.29) is 23.7 Å². The van der Waals surface area contributed by atoms with Gasteiger partial charge in [-0.1, -0.05) is 40.2 Å². The first kappa shape index (κ1) is 15.1. The van der Waals surface area contributed by atoms with Gasteiger partial charge in [0.15, 0.2) is 0 Å². The molecule has 1 N–H and O–H groups in total. The predicted molar refractivity (Wildman–Crippen MR) is 80.5 cm³/mol. The summed E-state index contributed by atoms with van der Waals surface area (Å²) < 4.78 is 27.5. The van der Waals surface area contributed by atoms with E-state index in [1.165, 1.54) is 18.2 Å². The smallest absolute Gasteiger partial charge is 0.127 e. The maximum Gasteiger partial charge on any atom is 0.127 e. The van der Waals surface area contributed by atoms with Crippen LogP contribution in [0.15, 0.2) is 46.9 Å². The number of hydrogen-bond acceptors (Lipinski definition) is 1. The Labute approximate surface area is 126 Å². The van der Waals surface area contributed by atoms with Crippen LogP contribution in [0, 0.1) is 11.6 Å². The van der Waals surface area contributed by atoms with Gasteiger partial charge in [-0.15, -0.1) is 0 Å². The van der Waals surface area contributed by atoms with Gasteiger partial charge in [-0.2, -0.15) is 0 Å². The Hall–Kier alpha value is -1.26. The van der Waals surface area contributed by atoms with E-state index < -0.39 is 0 Å². The number of halogens is 3. The summed E-state index contributed by atoms with van der Waals surface area (Å²) in [6, 6.07) is 11.1. The molecule has 0 bridgehead atoms. The summed E-state index contributed by atoms with van der Waals surface area (Å²) in [5, 5.41) is 3.32. The molecule has 1 nitrogen and oxygen atoms in total. The Balaban J connectivity index is 2.15. The van der Waals surface area contributed by atoms with Gasteiger partial charge in [0.25, 0.3) is 0 Å². The quantitative estimate of drug-likeness (QED) is 0.813. The first-order valence-corrected chi connectivity index (χ1v) is 7.23. The van der Waals surface area contributed by atoms with Gasteiger partial charge in [-0.05, 0) is 37.6 Å².